The SMILES string of the molecule is Cc1ccn(-c2ccc(C(=O)O)cc2[C@](F)(Oc2cc(N3CCC4(CC3)CNC(C(=O)O)C4)nc(N)n2)C(F)F)n1. The predicted molar refractivity (Wildman–Crippen MR) is 139 cm³/mol. The molecule has 5 N–H and O–H groups in total. The van der Waals surface area contributed by atoms with Gasteiger partial charge in [0.05, 0.1) is 22.5 Å². The van der Waals surface area contributed by atoms with Crippen LogP contribution >= 0.6 is 0 Å². The van der Waals surface area contributed by atoms with Gasteiger partial charge in [-0.05, 0) is 55.9 Å². The van der Waals surface area contributed by atoms with E-state index < -0.39 is 47.3 Å². The molecule has 5 rings (SSSR count). The molecule has 2 aromatic heterocycles. The number of nitrogens with zero attached hydrogens (tertiary/aromatic N) is 5. The summed E-state index contributed by atoms with van der Waals surface area (Å²) in [6, 6.07) is 5.24. The maximum atomic E-state index is 16.4. The number of benzene rings is 1. The number of aromatic carboxylic acids is 1. The van der Waals surface area contributed by atoms with Gasteiger partial charge in [-0.3, -0.25) is 4.79 Å². The van der Waals surface area contributed by atoms with Gasteiger partial charge in [0.25, 0.3) is 0 Å². The van der Waals surface area contributed by atoms with Crippen LogP contribution in [0.2, 0.25) is 0 Å². The molecule has 15 heteroatoms. The van der Waals surface area contributed by atoms with Crippen molar-refractivity contribution in [1.29, 1.82) is 0 Å². The number of rotatable bonds is 8. The molecule has 1 unspecified atom stereocenters. The second-order valence-corrected chi connectivity index (χ2v) is 10.4. The fraction of sp³-hybridized carbons (Fsp3) is 0.423. The zero-order valence-corrected chi connectivity index (χ0v) is 21.9. The highest BCUT2D eigenvalue weighted by molar-refractivity contribution is 5.88. The molecule has 0 radical (unpaired) electrons. The number of aromatic nitrogens is 4. The molecule has 2 aliphatic rings. The van der Waals surface area contributed by atoms with E-state index in [-0.39, 0.29) is 22.9 Å². The Morgan fingerprint density at radius 1 is 1.20 bits per heavy atom. The Balaban J connectivity index is 1.45. The molecule has 2 aliphatic heterocycles. The Morgan fingerprint density at radius 2 is 1.93 bits per heavy atom. The number of aliphatic carboxylic acids is 1. The molecule has 1 aromatic carbocycles. The molecule has 2 saturated heterocycles. The quantitative estimate of drug-likeness (QED) is 0.312. The van der Waals surface area contributed by atoms with Gasteiger partial charge < -0.3 is 30.9 Å². The molecule has 0 saturated carbocycles. The summed E-state index contributed by atoms with van der Waals surface area (Å²) in [7, 11) is 0. The van der Waals surface area contributed by atoms with Crippen LogP contribution in [0.3, 0.4) is 0 Å². The van der Waals surface area contributed by atoms with Crippen molar-refractivity contribution < 1.29 is 37.7 Å². The Kier molecular flexibility index (Phi) is 7.23. The van der Waals surface area contributed by atoms with E-state index in [1.165, 1.54) is 18.3 Å². The molecule has 2 atom stereocenters. The summed E-state index contributed by atoms with van der Waals surface area (Å²) >= 11 is 0. The second-order valence-electron chi connectivity index (χ2n) is 10.4. The highest BCUT2D eigenvalue weighted by Gasteiger charge is 2.49. The molecule has 0 bridgehead atoms. The molecule has 218 valence electrons. The number of alkyl halides is 3. The lowest BCUT2D eigenvalue weighted by Crippen LogP contribution is -2.42. The van der Waals surface area contributed by atoms with Crippen LogP contribution in [0.25, 0.3) is 5.69 Å². The number of anilines is 2. The minimum atomic E-state index is -3.84. The van der Waals surface area contributed by atoms with Crippen molar-refractivity contribution in [1.82, 2.24) is 25.1 Å². The van der Waals surface area contributed by atoms with Crippen LogP contribution in [0.5, 0.6) is 5.88 Å². The lowest BCUT2D eigenvalue weighted by molar-refractivity contribution is -0.176. The third-order valence-corrected chi connectivity index (χ3v) is 7.63. The first-order valence-corrected chi connectivity index (χ1v) is 12.8. The number of nitrogen functional groups attached to an aromatic ring is 1. The average molecular weight is 576 g/mol. The van der Waals surface area contributed by atoms with E-state index in [1.807, 2.05) is 4.90 Å². The first-order valence-electron chi connectivity index (χ1n) is 12.8. The zero-order chi connectivity index (χ0) is 29.5. The summed E-state index contributed by atoms with van der Waals surface area (Å²) < 4.78 is 51.7. The van der Waals surface area contributed by atoms with E-state index in [0.29, 0.717) is 44.6 Å². The normalized spacial score (nSPS) is 19.8. The molecule has 12 nitrogen and oxygen atoms in total. The number of piperidine rings is 1. The number of nitrogens with two attached hydrogens (primary N) is 1. The zero-order valence-electron chi connectivity index (χ0n) is 21.9. The molecule has 0 amide bonds. The van der Waals surface area contributed by atoms with Gasteiger partial charge in [-0.2, -0.15) is 19.5 Å². The number of nitrogens with one attached hydrogen (secondary N) is 1. The lowest BCUT2D eigenvalue weighted by atomic mass is 9.76. The van der Waals surface area contributed by atoms with Gasteiger partial charge in [0, 0.05) is 31.9 Å². The van der Waals surface area contributed by atoms with Crippen molar-refractivity contribution in [2.24, 2.45) is 5.41 Å². The first-order chi connectivity index (χ1) is 19.4. The van der Waals surface area contributed by atoms with Crippen molar-refractivity contribution in [2.45, 2.75) is 44.5 Å². The molecular formula is C26H28F3N7O5. The smallest absolute Gasteiger partial charge is 0.338 e. The number of hydrogen-bond donors (Lipinski definition) is 4. The van der Waals surface area contributed by atoms with Gasteiger partial charge in [0.1, 0.15) is 11.9 Å². The lowest BCUT2D eigenvalue weighted by Gasteiger charge is -2.39. The average Bonchev–Trinajstić information content (AvgIpc) is 3.55. The standard InChI is InChI=1S/C26H28F3N7O5/c1-14-4-7-36(34-14)18-3-2-15(21(37)38)10-16(18)26(29,23(27)28)41-20-11-19(32-24(30)33-20)35-8-5-25(6-9-35)12-17(22(39)40)31-13-25/h2-4,7,10-11,17,23,31H,5-6,8-9,12-13H2,1H3,(H,37,38)(H,39,40)(H2,30,32,33)/t17?,26-/m0/s1. The van der Waals surface area contributed by atoms with E-state index >= 15 is 4.39 Å². The fourth-order valence-corrected chi connectivity index (χ4v) is 5.39. The monoisotopic (exact) mass is 575 g/mol. The molecule has 2 fully saturated rings. The Hall–Kier alpha value is -4.40. The summed E-state index contributed by atoms with van der Waals surface area (Å²) in [6.45, 7) is 3.13. The van der Waals surface area contributed by atoms with Gasteiger partial charge in [-0.1, -0.05) is 0 Å². The predicted octanol–water partition coefficient (Wildman–Crippen LogP) is 2.75. The number of carboxylic acids is 2. The number of carboxylic acid groups (broad SMARTS) is 2. The summed E-state index contributed by atoms with van der Waals surface area (Å²) in [5, 5.41) is 26.0. The van der Waals surface area contributed by atoms with Crippen molar-refractivity contribution >= 4 is 23.7 Å². The van der Waals surface area contributed by atoms with Crippen molar-refractivity contribution in [3.05, 3.63) is 53.3 Å². The molecule has 4 heterocycles. The summed E-state index contributed by atoms with van der Waals surface area (Å²) in [4.78, 5) is 32.8. The van der Waals surface area contributed by atoms with E-state index in [9.17, 15) is 28.6 Å². The van der Waals surface area contributed by atoms with E-state index in [0.717, 1.165) is 16.8 Å². The second kappa shape index (κ2) is 10.5. The van der Waals surface area contributed by atoms with Crippen LogP contribution in [0, 0.1) is 12.3 Å². The molecule has 1 spiro atoms. The highest BCUT2D eigenvalue weighted by atomic mass is 19.3. The van der Waals surface area contributed by atoms with Crippen molar-refractivity contribution in [3.63, 3.8) is 0 Å². The number of hydrogen-bond acceptors (Lipinski definition) is 9. The summed E-state index contributed by atoms with van der Waals surface area (Å²) in [5.74, 6) is -6.89. The third kappa shape index (κ3) is 5.49. The number of ether oxygens (including phenoxy) is 1. The Labute approximate surface area is 231 Å². The van der Waals surface area contributed by atoms with Crippen LogP contribution in [0.4, 0.5) is 24.9 Å². The Morgan fingerprint density at radius 3 is 2.51 bits per heavy atom. The Bertz CT molecular complexity index is 1480. The van der Waals surface area contributed by atoms with Crippen molar-refractivity contribution in [3.8, 4) is 11.6 Å². The van der Waals surface area contributed by atoms with Crippen LogP contribution in [0.1, 0.15) is 40.9 Å². The minimum Gasteiger partial charge on any atom is -0.480 e. The largest absolute Gasteiger partial charge is 0.480 e. The van der Waals surface area contributed by atoms with Gasteiger partial charge in [0.2, 0.25) is 11.8 Å². The topological polar surface area (TPSA) is 169 Å². The highest BCUT2D eigenvalue weighted by Crippen LogP contribution is 2.42. The number of aryl methyl sites for hydroxylation is 1. The van der Waals surface area contributed by atoms with E-state index in [2.05, 4.69) is 20.4 Å². The molecule has 0 aliphatic carbocycles. The number of halogens is 3. The molecule has 41 heavy (non-hydrogen) atoms. The maximum Gasteiger partial charge on any atom is 0.338 e. The molecular weight excluding hydrogens is 547 g/mol. The fourth-order valence-electron chi connectivity index (χ4n) is 5.39. The van der Waals surface area contributed by atoms with Gasteiger partial charge in [-0.25, -0.2) is 18.3 Å². The van der Waals surface area contributed by atoms with Crippen LogP contribution in [-0.2, 0) is 10.6 Å². The van der Waals surface area contributed by atoms with Gasteiger partial charge in [0.15, 0.2) is 0 Å². The maximum absolute atomic E-state index is 16.4. The minimum absolute atomic E-state index is 0.153. The third-order valence-electron chi connectivity index (χ3n) is 7.63. The van der Waals surface area contributed by atoms with E-state index in [1.54, 1.807) is 13.0 Å². The van der Waals surface area contributed by atoms with Gasteiger partial charge in [-0.15, -0.1) is 0 Å². The number of carbonyl (C=O) groups is 2. The van der Waals surface area contributed by atoms with Gasteiger partial charge >= 0.3 is 24.2 Å². The van der Waals surface area contributed by atoms with Crippen LogP contribution in [-0.4, -0.2) is 74.0 Å². The van der Waals surface area contributed by atoms with Crippen LogP contribution < -0.4 is 20.7 Å². The van der Waals surface area contributed by atoms with Crippen molar-refractivity contribution in [2.75, 3.05) is 30.3 Å². The summed E-state index contributed by atoms with van der Waals surface area (Å²) in [6.07, 6.45) is -0.579. The summed E-state index contributed by atoms with van der Waals surface area (Å²) in [5.41, 5.74) is 4.81. The molecule has 3 aromatic rings. The van der Waals surface area contributed by atoms with Crippen LogP contribution in [0.15, 0.2) is 36.5 Å². The first kappa shape index (κ1) is 28.1. The van der Waals surface area contributed by atoms with E-state index in [4.69, 9.17) is 10.5 Å².